The number of nitrogens with zero attached hydrogens (tertiary/aromatic N) is 2. The number of alkyl halides is 3. The van der Waals surface area contributed by atoms with Crippen molar-refractivity contribution in [3.63, 3.8) is 0 Å². The summed E-state index contributed by atoms with van der Waals surface area (Å²) in [6, 6.07) is 30.3. The molecule has 3 aromatic heterocycles. The highest BCUT2D eigenvalue weighted by atomic mass is 32.1. The van der Waals surface area contributed by atoms with Crippen molar-refractivity contribution in [2.75, 3.05) is 0 Å². The molecule has 0 atom stereocenters. The summed E-state index contributed by atoms with van der Waals surface area (Å²) in [7, 11) is 0. The van der Waals surface area contributed by atoms with Crippen molar-refractivity contribution < 1.29 is 17.9 Å². The zero-order chi connectivity index (χ0) is 34.7. The molecule has 0 aliphatic heterocycles. The monoisotopic (exact) mass is 674 g/mol. The average Bonchev–Trinajstić information content (AvgIpc) is 3.41. The lowest BCUT2D eigenvalue weighted by Gasteiger charge is -2.27. The van der Waals surface area contributed by atoms with Crippen LogP contribution in [0.25, 0.3) is 53.5 Å². The van der Waals surface area contributed by atoms with Gasteiger partial charge in [-0.15, -0.1) is 11.3 Å². The number of hydrogen-bond donors (Lipinski definition) is 0. The van der Waals surface area contributed by atoms with Gasteiger partial charge in [-0.1, -0.05) is 71.0 Å². The molecular formula is C42H37F3N2OS. The van der Waals surface area contributed by atoms with Crippen LogP contribution in [0.15, 0.2) is 103 Å². The normalized spacial score (nSPS) is 12.7. The first-order valence-corrected chi connectivity index (χ1v) is 17.1. The summed E-state index contributed by atoms with van der Waals surface area (Å²) < 4.78 is 49.7. The quantitative estimate of drug-likeness (QED) is 0.176. The van der Waals surface area contributed by atoms with Crippen molar-refractivity contribution in [3.05, 3.63) is 120 Å². The second-order valence-electron chi connectivity index (χ2n) is 14.5. The Balaban J connectivity index is 1.30. The third-order valence-electron chi connectivity index (χ3n) is 9.16. The Labute approximate surface area is 288 Å². The summed E-state index contributed by atoms with van der Waals surface area (Å²) in [5.74, 6) is 1.42. The summed E-state index contributed by atoms with van der Waals surface area (Å²) in [4.78, 5) is 9.52. The minimum Gasteiger partial charge on any atom is -0.457 e. The largest absolute Gasteiger partial charge is 0.457 e. The molecule has 0 aliphatic carbocycles. The molecule has 0 fully saturated rings. The van der Waals surface area contributed by atoms with Crippen LogP contribution in [0.4, 0.5) is 13.2 Å². The van der Waals surface area contributed by atoms with Crippen LogP contribution in [0.5, 0.6) is 11.5 Å². The molecule has 0 radical (unpaired) electrons. The van der Waals surface area contributed by atoms with Gasteiger partial charge in [0.1, 0.15) is 11.5 Å². The van der Waals surface area contributed by atoms with E-state index in [0.717, 1.165) is 59.0 Å². The predicted molar refractivity (Wildman–Crippen MR) is 197 cm³/mol. The van der Waals surface area contributed by atoms with E-state index in [0.29, 0.717) is 17.1 Å². The van der Waals surface area contributed by atoms with Gasteiger partial charge in [-0.2, -0.15) is 13.2 Å². The van der Waals surface area contributed by atoms with Crippen LogP contribution in [0, 0.1) is 12.3 Å². The molecule has 0 aliphatic rings. The smallest absolute Gasteiger partial charge is 0.394 e. The zero-order valence-corrected chi connectivity index (χ0v) is 29.2. The molecule has 0 bridgehead atoms. The number of aromatic nitrogens is 2. The van der Waals surface area contributed by atoms with Gasteiger partial charge in [-0.25, -0.2) is 0 Å². The molecule has 0 unspecified atom stereocenters. The molecule has 0 spiro atoms. The Bertz CT molecular complexity index is 2370. The van der Waals surface area contributed by atoms with E-state index in [-0.39, 0.29) is 11.8 Å². The molecule has 49 heavy (non-hydrogen) atoms. The van der Waals surface area contributed by atoms with E-state index in [1.807, 2.05) is 60.8 Å². The average molecular weight is 675 g/mol. The van der Waals surface area contributed by atoms with Crippen LogP contribution < -0.4 is 4.74 Å². The number of hydrogen-bond acceptors (Lipinski definition) is 4. The maximum absolute atomic E-state index is 13.7. The van der Waals surface area contributed by atoms with Crippen molar-refractivity contribution >= 4 is 42.3 Å². The summed E-state index contributed by atoms with van der Waals surface area (Å²) in [6.07, 6.45) is -0.716. The zero-order valence-electron chi connectivity index (χ0n) is 28.4. The van der Waals surface area contributed by atoms with E-state index in [9.17, 15) is 13.2 Å². The maximum atomic E-state index is 13.7. The number of thiophene rings is 1. The minimum atomic E-state index is -4.29. The fourth-order valence-electron chi connectivity index (χ4n) is 6.31. The first-order chi connectivity index (χ1) is 23.2. The highest BCUT2D eigenvalue weighted by Gasteiger charge is 2.47. The first-order valence-electron chi connectivity index (χ1n) is 16.3. The molecule has 0 saturated heterocycles. The topological polar surface area (TPSA) is 35.0 Å². The third kappa shape index (κ3) is 6.40. The SMILES string of the molecule is Cc1cc(Oc2cc(-c3nccc4c3sc3cc(CC(C)(C)C(F)(F)F)ccc34)cc3ccccc23)cc(-c2cc(C(C)(C)C)ccn2)c1. The number of benzene rings is 4. The van der Waals surface area contributed by atoms with Crippen LogP contribution in [0.1, 0.15) is 51.3 Å². The fourth-order valence-corrected chi connectivity index (χ4v) is 7.58. The summed E-state index contributed by atoms with van der Waals surface area (Å²) >= 11 is 1.56. The molecule has 7 rings (SSSR count). The van der Waals surface area contributed by atoms with Crippen molar-refractivity contribution in [2.24, 2.45) is 5.41 Å². The van der Waals surface area contributed by atoms with Gasteiger partial charge in [0.05, 0.1) is 21.5 Å². The maximum Gasteiger partial charge on any atom is 0.394 e. The molecule has 0 saturated carbocycles. The van der Waals surface area contributed by atoms with E-state index in [1.54, 1.807) is 17.5 Å². The van der Waals surface area contributed by atoms with Crippen molar-refractivity contribution in [1.29, 1.82) is 0 Å². The molecular weight excluding hydrogens is 638 g/mol. The van der Waals surface area contributed by atoms with Crippen molar-refractivity contribution in [2.45, 2.75) is 59.6 Å². The van der Waals surface area contributed by atoms with E-state index in [2.05, 4.69) is 69.1 Å². The predicted octanol–water partition coefficient (Wildman–Crippen LogP) is 12.9. The summed E-state index contributed by atoms with van der Waals surface area (Å²) in [5.41, 5.74) is 4.69. The third-order valence-corrected chi connectivity index (χ3v) is 10.3. The Morgan fingerprint density at radius 3 is 2.27 bits per heavy atom. The van der Waals surface area contributed by atoms with Crippen LogP contribution >= 0.6 is 11.3 Å². The minimum absolute atomic E-state index is 0.00216. The second kappa shape index (κ2) is 12.0. The Morgan fingerprint density at radius 1 is 0.714 bits per heavy atom. The Morgan fingerprint density at radius 2 is 1.49 bits per heavy atom. The van der Waals surface area contributed by atoms with E-state index < -0.39 is 11.6 Å². The molecule has 4 aromatic carbocycles. The second-order valence-corrected chi connectivity index (χ2v) is 15.6. The van der Waals surface area contributed by atoms with Gasteiger partial charge in [-0.3, -0.25) is 9.97 Å². The number of aryl methyl sites for hydroxylation is 1. The van der Waals surface area contributed by atoms with Gasteiger partial charge >= 0.3 is 6.18 Å². The van der Waals surface area contributed by atoms with E-state index >= 15 is 0 Å². The van der Waals surface area contributed by atoms with E-state index in [4.69, 9.17) is 9.72 Å². The van der Waals surface area contributed by atoms with Gasteiger partial charge in [0.15, 0.2) is 0 Å². The van der Waals surface area contributed by atoms with Gasteiger partial charge in [0.2, 0.25) is 0 Å². The van der Waals surface area contributed by atoms with Gasteiger partial charge < -0.3 is 4.74 Å². The van der Waals surface area contributed by atoms with Gasteiger partial charge in [0.25, 0.3) is 0 Å². The highest BCUT2D eigenvalue weighted by molar-refractivity contribution is 7.26. The molecule has 0 N–H and O–H groups in total. The van der Waals surface area contributed by atoms with Gasteiger partial charge in [-0.05, 0) is 95.4 Å². The number of pyridine rings is 2. The van der Waals surface area contributed by atoms with Crippen molar-refractivity contribution in [1.82, 2.24) is 9.97 Å². The Hall–Kier alpha value is -4.75. The number of ether oxygens (including phenoxy) is 1. The molecule has 248 valence electrons. The van der Waals surface area contributed by atoms with Crippen molar-refractivity contribution in [3.8, 4) is 34.0 Å². The summed E-state index contributed by atoms with van der Waals surface area (Å²) in [6.45, 7) is 11.1. The molecule has 3 nitrogen and oxygen atoms in total. The van der Waals surface area contributed by atoms with Crippen LogP contribution in [0.3, 0.4) is 0 Å². The lowest BCUT2D eigenvalue weighted by Crippen LogP contribution is -2.34. The summed E-state index contributed by atoms with van der Waals surface area (Å²) in [5, 5.41) is 4.02. The number of rotatable bonds is 6. The van der Waals surface area contributed by atoms with Gasteiger partial charge in [0, 0.05) is 44.4 Å². The van der Waals surface area contributed by atoms with Crippen LogP contribution in [-0.2, 0) is 11.8 Å². The molecule has 3 heterocycles. The number of halogens is 3. The first kappa shape index (κ1) is 32.8. The molecule has 7 heteroatoms. The lowest BCUT2D eigenvalue weighted by molar-refractivity contribution is -0.211. The Kier molecular flexibility index (Phi) is 8.02. The standard InChI is InChI=1S/C42H37F3N2OS/c1-25-17-28(35-23-30(13-15-46-35)40(2,3)4)21-31(18-25)48-36-22-29(20-27-9-7-8-10-32(27)36)38-39-34(14-16-47-38)33-12-11-26(19-37(33)49-39)24-41(5,6)42(43,44)45/h7-23H,24H2,1-6H3. The van der Waals surface area contributed by atoms with E-state index in [1.165, 1.54) is 19.4 Å². The fraction of sp³-hybridized carbons (Fsp3) is 0.238. The van der Waals surface area contributed by atoms with Crippen LogP contribution in [-0.4, -0.2) is 16.1 Å². The molecule has 7 aromatic rings. The molecule has 0 amide bonds. The van der Waals surface area contributed by atoms with Crippen LogP contribution in [0.2, 0.25) is 0 Å². The lowest BCUT2D eigenvalue weighted by atomic mass is 9.85. The number of fused-ring (bicyclic) bond motifs is 4. The highest BCUT2D eigenvalue weighted by Crippen LogP contribution is 2.44.